The van der Waals surface area contributed by atoms with Gasteiger partial charge in [-0.1, -0.05) is 37.2 Å². The van der Waals surface area contributed by atoms with Crippen LogP contribution in [0.4, 0.5) is 5.82 Å². The molecule has 0 bridgehead atoms. The molecule has 0 unspecified atom stereocenters. The molecular weight excluding hydrogens is 384 g/mol. The number of aliphatic hydroxyl groups excluding tert-OH is 3. The van der Waals surface area contributed by atoms with E-state index < -0.39 is 31.1 Å². The van der Waals surface area contributed by atoms with Crippen LogP contribution in [0.3, 0.4) is 0 Å². The van der Waals surface area contributed by atoms with Crippen molar-refractivity contribution in [3.8, 4) is 0 Å². The van der Waals surface area contributed by atoms with Gasteiger partial charge in [0.25, 0.3) is 0 Å². The molecule has 2 aromatic heterocycles. The molecule has 0 saturated carbocycles. The number of aromatic nitrogens is 5. The number of fused-ring (bicyclic) bond motifs is 1. The van der Waals surface area contributed by atoms with Gasteiger partial charge in [-0.25, -0.2) is 9.97 Å². The zero-order chi connectivity index (χ0) is 20.3. The Morgan fingerprint density at radius 2 is 1.96 bits per heavy atom. The number of ether oxygens (including phenoxy) is 1. The second kappa shape index (κ2) is 9.31. The van der Waals surface area contributed by atoms with Gasteiger partial charge in [0.1, 0.15) is 18.3 Å². The quantitative estimate of drug-likeness (QED) is 0.397. The van der Waals surface area contributed by atoms with Crippen molar-refractivity contribution in [2.45, 2.75) is 62.8 Å². The minimum atomic E-state index is -1.25. The summed E-state index contributed by atoms with van der Waals surface area (Å²) in [4.78, 5) is 11.3. The van der Waals surface area contributed by atoms with E-state index in [1.54, 1.807) is 11.8 Å². The van der Waals surface area contributed by atoms with Crippen LogP contribution in [0.1, 0.15) is 39.3 Å². The van der Waals surface area contributed by atoms with Crippen LogP contribution >= 0.6 is 11.8 Å². The van der Waals surface area contributed by atoms with E-state index in [9.17, 15) is 15.3 Å². The Kier molecular flexibility index (Phi) is 7.05. The van der Waals surface area contributed by atoms with Crippen molar-refractivity contribution in [2.75, 3.05) is 30.9 Å². The van der Waals surface area contributed by atoms with E-state index in [1.165, 1.54) is 4.68 Å². The van der Waals surface area contributed by atoms with Crippen molar-refractivity contribution in [3.05, 3.63) is 0 Å². The second-order valence-corrected chi connectivity index (χ2v) is 7.95. The third-order valence-corrected chi connectivity index (χ3v) is 5.74. The van der Waals surface area contributed by atoms with Crippen molar-refractivity contribution in [2.24, 2.45) is 0 Å². The van der Waals surface area contributed by atoms with Gasteiger partial charge in [0.2, 0.25) is 0 Å². The summed E-state index contributed by atoms with van der Waals surface area (Å²) in [6, 6.07) is 0. The third kappa shape index (κ3) is 4.08. The van der Waals surface area contributed by atoms with Crippen LogP contribution in [-0.4, -0.2) is 84.5 Å². The molecule has 28 heavy (non-hydrogen) atoms. The minimum absolute atomic E-state index is 0.404. The molecule has 156 valence electrons. The average molecular weight is 413 g/mol. The van der Waals surface area contributed by atoms with E-state index in [2.05, 4.69) is 34.1 Å². The van der Waals surface area contributed by atoms with Crippen molar-refractivity contribution < 1.29 is 20.1 Å². The molecule has 0 spiro atoms. The van der Waals surface area contributed by atoms with E-state index >= 15 is 0 Å². The molecule has 3 N–H and O–H groups in total. The molecule has 1 aliphatic rings. The highest BCUT2D eigenvalue weighted by Crippen LogP contribution is 2.33. The van der Waals surface area contributed by atoms with Crippen molar-refractivity contribution in [1.29, 1.82) is 0 Å². The Morgan fingerprint density at radius 1 is 1.18 bits per heavy atom. The Balaban J connectivity index is 2.03. The minimum Gasteiger partial charge on any atom is -0.394 e. The van der Waals surface area contributed by atoms with E-state index in [0.29, 0.717) is 22.1 Å². The first-order valence-electron chi connectivity index (χ1n) is 9.61. The highest BCUT2D eigenvalue weighted by molar-refractivity contribution is 7.99. The SMILES string of the molecule is CCCCN(C)c1nc(SCCC)nc2c1nnn2[C@@H]1O[C@H](CO)[C@@H](O)[C@H]1O. The highest BCUT2D eigenvalue weighted by Gasteiger charge is 2.44. The predicted molar refractivity (Wildman–Crippen MR) is 105 cm³/mol. The number of rotatable bonds is 9. The average Bonchev–Trinajstić information content (AvgIpc) is 3.24. The number of hydrogen-bond acceptors (Lipinski definition) is 10. The van der Waals surface area contributed by atoms with Crippen LogP contribution in [-0.2, 0) is 4.74 Å². The molecule has 1 saturated heterocycles. The fourth-order valence-electron chi connectivity index (χ4n) is 3.08. The number of hydrogen-bond donors (Lipinski definition) is 3. The monoisotopic (exact) mass is 412 g/mol. The summed E-state index contributed by atoms with van der Waals surface area (Å²) in [5.41, 5.74) is 0.944. The molecule has 3 rings (SSSR count). The zero-order valence-electron chi connectivity index (χ0n) is 16.4. The molecule has 0 aromatic carbocycles. The number of nitrogens with zero attached hydrogens (tertiary/aromatic N) is 6. The van der Waals surface area contributed by atoms with Gasteiger partial charge in [-0.2, -0.15) is 4.68 Å². The van der Waals surface area contributed by atoms with Gasteiger partial charge in [-0.15, -0.1) is 5.10 Å². The maximum absolute atomic E-state index is 10.4. The summed E-state index contributed by atoms with van der Waals surface area (Å²) < 4.78 is 6.97. The third-order valence-electron chi connectivity index (χ3n) is 4.69. The Morgan fingerprint density at radius 3 is 2.61 bits per heavy atom. The van der Waals surface area contributed by atoms with E-state index in [4.69, 9.17) is 4.74 Å². The van der Waals surface area contributed by atoms with Gasteiger partial charge in [-0.3, -0.25) is 0 Å². The molecular formula is C17H28N6O4S. The first-order chi connectivity index (χ1) is 13.5. The topological polar surface area (TPSA) is 130 Å². The standard InChI is InChI=1S/C17H28N6O4S/c1-4-6-7-22(3)14-11-15(19-17(18-14)28-8-5-2)23(21-20-11)16-13(26)12(25)10(9-24)27-16/h10,12-13,16,24-26H,4-9H2,1-3H3/t10-,12-,13-,16-/m1/s1. The Hall–Kier alpha value is -1.53. The van der Waals surface area contributed by atoms with Crippen LogP contribution in [0.15, 0.2) is 5.16 Å². The van der Waals surface area contributed by atoms with Crippen molar-refractivity contribution in [1.82, 2.24) is 25.0 Å². The lowest BCUT2D eigenvalue weighted by atomic mass is 10.1. The van der Waals surface area contributed by atoms with E-state index in [0.717, 1.165) is 31.6 Å². The lowest BCUT2D eigenvalue weighted by Gasteiger charge is -2.19. The lowest BCUT2D eigenvalue weighted by Crippen LogP contribution is -2.33. The molecule has 0 radical (unpaired) electrons. The summed E-state index contributed by atoms with van der Waals surface area (Å²) in [5.74, 6) is 1.55. The lowest BCUT2D eigenvalue weighted by molar-refractivity contribution is -0.0575. The Labute approximate surface area is 167 Å². The highest BCUT2D eigenvalue weighted by atomic mass is 32.2. The molecule has 1 fully saturated rings. The predicted octanol–water partition coefficient (Wildman–Crippen LogP) is 0.571. The number of anilines is 1. The maximum Gasteiger partial charge on any atom is 0.191 e. The fourth-order valence-corrected chi connectivity index (χ4v) is 3.76. The van der Waals surface area contributed by atoms with Gasteiger partial charge in [0.15, 0.2) is 28.4 Å². The van der Waals surface area contributed by atoms with E-state index in [1.807, 2.05) is 11.9 Å². The zero-order valence-corrected chi connectivity index (χ0v) is 17.2. The fraction of sp³-hybridized carbons (Fsp3) is 0.765. The van der Waals surface area contributed by atoms with Crippen LogP contribution in [0.5, 0.6) is 0 Å². The molecule has 1 aliphatic heterocycles. The van der Waals surface area contributed by atoms with Crippen molar-refractivity contribution in [3.63, 3.8) is 0 Å². The number of unbranched alkanes of at least 4 members (excludes halogenated alkanes) is 1. The molecule has 2 aromatic rings. The van der Waals surface area contributed by atoms with Crippen LogP contribution in [0, 0.1) is 0 Å². The van der Waals surface area contributed by atoms with Crippen molar-refractivity contribution >= 4 is 28.7 Å². The van der Waals surface area contributed by atoms with Gasteiger partial charge < -0.3 is 25.0 Å². The van der Waals surface area contributed by atoms with E-state index in [-0.39, 0.29) is 0 Å². The number of aliphatic hydroxyl groups is 3. The first kappa shape index (κ1) is 21.2. The Bertz CT molecular complexity index is 790. The second-order valence-electron chi connectivity index (χ2n) is 6.89. The van der Waals surface area contributed by atoms with Gasteiger partial charge >= 0.3 is 0 Å². The normalized spacial score (nSPS) is 24.9. The molecule has 0 aliphatic carbocycles. The maximum atomic E-state index is 10.4. The number of thioether (sulfide) groups is 1. The van der Waals surface area contributed by atoms with Gasteiger partial charge in [0, 0.05) is 19.3 Å². The van der Waals surface area contributed by atoms with Gasteiger partial charge in [0.05, 0.1) is 6.61 Å². The first-order valence-corrected chi connectivity index (χ1v) is 10.6. The van der Waals surface area contributed by atoms with Crippen LogP contribution in [0.2, 0.25) is 0 Å². The molecule has 10 nitrogen and oxygen atoms in total. The van der Waals surface area contributed by atoms with Crippen LogP contribution < -0.4 is 4.90 Å². The largest absolute Gasteiger partial charge is 0.394 e. The summed E-state index contributed by atoms with van der Waals surface area (Å²) >= 11 is 1.54. The smallest absolute Gasteiger partial charge is 0.191 e. The summed E-state index contributed by atoms with van der Waals surface area (Å²) in [6.07, 6.45) is -1.26. The van der Waals surface area contributed by atoms with Gasteiger partial charge in [-0.05, 0) is 12.8 Å². The van der Waals surface area contributed by atoms with Crippen LogP contribution in [0.25, 0.3) is 11.2 Å². The summed E-state index contributed by atoms with van der Waals surface area (Å²) in [6.45, 7) is 4.63. The molecule has 0 amide bonds. The molecule has 4 atom stereocenters. The molecule has 11 heteroatoms. The summed E-state index contributed by atoms with van der Waals surface area (Å²) in [5, 5.41) is 38.7. The molecule has 3 heterocycles. The summed E-state index contributed by atoms with van der Waals surface area (Å²) in [7, 11) is 1.96.